The van der Waals surface area contributed by atoms with Gasteiger partial charge in [-0.1, -0.05) is 67.1 Å². The standard InChI is InChI=1S/C24H26N4O3/c29-28(30)22-23(25-18-26-24(22)31-21-14-8-3-9-15-21)27(16-19-10-4-1-5-11-19)17-20-12-6-2-7-13-20/h1-2,4-7,10-13,18,21H,3,8-9,14-17H2. The van der Waals surface area contributed by atoms with Crippen molar-refractivity contribution < 1.29 is 9.66 Å². The maximum absolute atomic E-state index is 12.1. The van der Waals surface area contributed by atoms with E-state index in [1.165, 1.54) is 12.7 Å². The average molecular weight is 418 g/mol. The van der Waals surface area contributed by atoms with Gasteiger partial charge in [0, 0.05) is 13.1 Å². The molecule has 0 unspecified atom stereocenters. The number of benzene rings is 2. The van der Waals surface area contributed by atoms with E-state index in [1.54, 1.807) is 0 Å². The van der Waals surface area contributed by atoms with Crippen molar-refractivity contribution in [2.75, 3.05) is 4.90 Å². The molecule has 7 nitrogen and oxygen atoms in total. The molecule has 0 amide bonds. The van der Waals surface area contributed by atoms with E-state index < -0.39 is 4.92 Å². The molecule has 0 spiro atoms. The molecule has 1 saturated carbocycles. The molecule has 7 heteroatoms. The maximum atomic E-state index is 12.1. The van der Waals surface area contributed by atoms with E-state index in [-0.39, 0.29) is 23.5 Å². The van der Waals surface area contributed by atoms with E-state index in [9.17, 15) is 10.1 Å². The number of nitro groups is 1. The SMILES string of the molecule is O=[N+]([O-])c1c(OC2CCCCC2)ncnc1N(Cc1ccccc1)Cc1ccccc1. The number of aromatic nitrogens is 2. The summed E-state index contributed by atoms with van der Waals surface area (Å²) in [6.45, 7) is 0.965. The van der Waals surface area contributed by atoms with Crippen molar-refractivity contribution in [3.63, 3.8) is 0 Å². The molecule has 1 aliphatic carbocycles. The molecular weight excluding hydrogens is 392 g/mol. The summed E-state index contributed by atoms with van der Waals surface area (Å²) in [6, 6.07) is 19.8. The molecular formula is C24H26N4O3. The highest BCUT2D eigenvalue weighted by molar-refractivity contribution is 5.63. The van der Waals surface area contributed by atoms with Crippen molar-refractivity contribution in [2.45, 2.75) is 51.3 Å². The summed E-state index contributed by atoms with van der Waals surface area (Å²) in [5.41, 5.74) is 1.92. The predicted octanol–water partition coefficient (Wildman–Crippen LogP) is 5.30. The minimum atomic E-state index is -0.420. The van der Waals surface area contributed by atoms with Gasteiger partial charge in [0.1, 0.15) is 12.4 Å². The fraction of sp³-hybridized carbons (Fsp3) is 0.333. The Kier molecular flexibility index (Phi) is 6.72. The lowest BCUT2D eigenvalue weighted by atomic mass is 9.98. The van der Waals surface area contributed by atoms with Crippen LogP contribution < -0.4 is 9.64 Å². The van der Waals surface area contributed by atoms with Crippen LogP contribution in [0, 0.1) is 10.1 Å². The third-order valence-corrected chi connectivity index (χ3v) is 5.51. The summed E-state index contributed by atoms with van der Waals surface area (Å²) in [7, 11) is 0. The van der Waals surface area contributed by atoms with Gasteiger partial charge in [0.05, 0.1) is 4.92 Å². The number of anilines is 1. The third kappa shape index (κ3) is 5.36. The fourth-order valence-corrected chi connectivity index (χ4v) is 3.99. The van der Waals surface area contributed by atoms with Gasteiger partial charge in [-0.2, -0.15) is 4.98 Å². The van der Waals surface area contributed by atoms with E-state index in [1.807, 2.05) is 65.6 Å². The minimum Gasteiger partial charge on any atom is -0.469 e. The van der Waals surface area contributed by atoms with Gasteiger partial charge in [-0.05, 0) is 36.8 Å². The highest BCUT2D eigenvalue weighted by Gasteiger charge is 2.30. The molecule has 1 aromatic heterocycles. The molecule has 1 aliphatic rings. The van der Waals surface area contributed by atoms with Crippen LogP contribution in [-0.2, 0) is 13.1 Å². The van der Waals surface area contributed by atoms with Gasteiger partial charge in [0.25, 0.3) is 5.88 Å². The lowest BCUT2D eigenvalue weighted by molar-refractivity contribution is -0.385. The van der Waals surface area contributed by atoms with Gasteiger partial charge in [-0.3, -0.25) is 10.1 Å². The minimum absolute atomic E-state index is 0.0353. The number of ether oxygens (including phenoxy) is 1. The zero-order valence-corrected chi connectivity index (χ0v) is 17.4. The van der Waals surface area contributed by atoms with Gasteiger partial charge in [0.2, 0.25) is 5.82 Å². The maximum Gasteiger partial charge on any atom is 0.372 e. The van der Waals surface area contributed by atoms with E-state index in [2.05, 4.69) is 9.97 Å². The Morgan fingerprint density at radius 3 is 2.03 bits per heavy atom. The lowest BCUT2D eigenvalue weighted by Gasteiger charge is -2.25. The highest BCUT2D eigenvalue weighted by atomic mass is 16.6. The van der Waals surface area contributed by atoms with Crippen molar-refractivity contribution in [2.24, 2.45) is 0 Å². The van der Waals surface area contributed by atoms with Crippen LogP contribution in [0.25, 0.3) is 0 Å². The highest BCUT2D eigenvalue weighted by Crippen LogP contribution is 2.36. The van der Waals surface area contributed by atoms with Crippen LogP contribution in [-0.4, -0.2) is 21.0 Å². The molecule has 0 atom stereocenters. The number of nitrogens with zero attached hydrogens (tertiary/aromatic N) is 4. The smallest absolute Gasteiger partial charge is 0.372 e. The van der Waals surface area contributed by atoms with Crippen molar-refractivity contribution >= 4 is 11.5 Å². The number of rotatable bonds is 8. The van der Waals surface area contributed by atoms with Crippen LogP contribution in [0.1, 0.15) is 43.2 Å². The van der Waals surface area contributed by atoms with Gasteiger partial charge in [-0.15, -0.1) is 0 Å². The molecule has 2 aromatic carbocycles. The van der Waals surface area contributed by atoms with Gasteiger partial charge in [-0.25, -0.2) is 4.98 Å². The second kappa shape index (κ2) is 10.0. The first-order chi connectivity index (χ1) is 15.2. The van der Waals surface area contributed by atoms with E-state index in [0.717, 1.165) is 36.8 Å². The Labute approximate surface area is 181 Å². The Hall–Kier alpha value is -3.48. The second-order valence-corrected chi connectivity index (χ2v) is 7.81. The van der Waals surface area contributed by atoms with Crippen LogP contribution in [0.4, 0.5) is 11.5 Å². The van der Waals surface area contributed by atoms with Crippen molar-refractivity contribution in [1.29, 1.82) is 0 Å². The van der Waals surface area contributed by atoms with Gasteiger partial charge >= 0.3 is 5.69 Å². The van der Waals surface area contributed by atoms with E-state index >= 15 is 0 Å². The molecule has 1 fully saturated rings. The van der Waals surface area contributed by atoms with Crippen LogP contribution >= 0.6 is 0 Å². The molecule has 0 N–H and O–H groups in total. The van der Waals surface area contributed by atoms with Crippen LogP contribution in [0.2, 0.25) is 0 Å². The van der Waals surface area contributed by atoms with Crippen molar-refractivity contribution in [3.8, 4) is 5.88 Å². The van der Waals surface area contributed by atoms with Crippen molar-refractivity contribution in [1.82, 2.24) is 9.97 Å². The number of hydrogen-bond donors (Lipinski definition) is 0. The Balaban J connectivity index is 1.70. The van der Waals surface area contributed by atoms with Crippen LogP contribution in [0.5, 0.6) is 5.88 Å². The molecule has 0 saturated heterocycles. The molecule has 0 aliphatic heterocycles. The van der Waals surface area contributed by atoms with Gasteiger partial charge < -0.3 is 9.64 Å². The Morgan fingerprint density at radius 1 is 0.903 bits per heavy atom. The summed E-state index contributed by atoms with van der Waals surface area (Å²) in [6.07, 6.45) is 6.45. The van der Waals surface area contributed by atoms with Gasteiger partial charge in [0.15, 0.2) is 0 Å². The summed E-state index contributed by atoms with van der Waals surface area (Å²) in [5.74, 6) is 0.339. The first-order valence-electron chi connectivity index (χ1n) is 10.7. The summed E-state index contributed by atoms with van der Waals surface area (Å²) in [4.78, 5) is 22.1. The first-order valence-corrected chi connectivity index (χ1v) is 10.7. The average Bonchev–Trinajstić information content (AvgIpc) is 2.80. The molecule has 160 valence electrons. The summed E-state index contributed by atoms with van der Waals surface area (Å²) < 4.78 is 6.02. The second-order valence-electron chi connectivity index (χ2n) is 7.81. The molecule has 4 rings (SSSR count). The van der Waals surface area contributed by atoms with Crippen LogP contribution in [0.3, 0.4) is 0 Å². The Morgan fingerprint density at radius 2 is 1.48 bits per heavy atom. The van der Waals surface area contributed by atoms with E-state index in [0.29, 0.717) is 13.1 Å². The zero-order valence-electron chi connectivity index (χ0n) is 17.4. The summed E-state index contributed by atoms with van der Waals surface area (Å²) in [5, 5.41) is 12.1. The third-order valence-electron chi connectivity index (χ3n) is 5.51. The first kappa shape index (κ1) is 20.8. The quantitative estimate of drug-likeness (QED) is 0.365. The molecule has 1 heterocycles. The predicted molar refractivity (Wildman–Crippen MR) is 119 cm³/mol. The fourth-order valence-electron chi connectivity index (χ4n) is 3.99. The lowest BCUT2D eigenvalue weighted by Crippen LogP contribution is -2.26. The Bertz CT molecular complexity index is 951. The molecule has 0 bridgehead atoms. The van der Waals surface area contributed by atoms with Crippen molar-refractivity contribution in [3.05, 3.63) is 88.2 Å². The normalized spacial score (nSPS) is 14.2. The number of hydrogen-bond acceptors (Lipinski definition) is 6. The topological polar surface area (TPSA) is 81.4 Å². The largest absolute Gasteiger partial charge is 0.469 e. The van der Waals surface area contributed by atoms with Crippen LogP contribution in [0.15, 0.2) is 67.0 Å². The molecule has 0 radical (unpaired) electrons. The monoisotopic (exact) mass is 418 g/mol. The molecule has 3 aromatic rings. The van der Waals surface area contributed by atoms with E-state index in [4.69, 9.17) is 4.74 Å². The zero-order chi connectivity index (χ0) is 21.5. The molecule has 31 heavy (non-hydrogen) atoms. The summed E-state index contributed by atoms with van der Waals surface area (Å²) >= 11 is 0.